The van der Waals surface area contributed by atoms with E-state index in [1.54, 1.807) is 0 Å². The Balaban J connectivity index is 5.07. The van der Waals surface area contributed by atoms with Gasteiger partial charge in [0.15, 0.2) is 5.78 Å². The molecule has 0 spiro atoms. The second-order valence-corrected chi connectivity index (χ2v) is 4.97. The molecule has 3 unspecified atom stereocenters. The van der Waals surface area contributed by atoms with Gasteiger partial charge in [0, 0.05) is 12.8 Å². The largest absolute Gasteiger partial charge is 0.481 e. The monoisotopic (exact) mass is 346 g/mol. The number of rotatable bonds is 12. The van der Waals surface area contributed by atoms with Gasteiger partial charge in [-0.2, -0.15) is 0 Å². The van der Waals surface area contributed by atoms with Crippen molar-refractivity contribution >= 4 is 35.9 Å². The van der Waals surface area contributed by atoms with E-state index in [9.17, 15) is 28.8 Å². The standard InChI is InChI=1S/C13H18N2O9/c14-7(1-2-16)12(22)15-8(5-11(20)21)9(17)3-6(13(23)24)4-10(18)19/h2,6-8H,1,3-5,14H2,(H,15,22)(H,18,19)(H,20,21)(H,23,24). The Morgan fingerprint density at radius 3 is 1.92 bits per heavy atom. The van der Waals surface area contributed by atoms with E-state index in [2.05, 4.69) is 0 Å². The molecule has 0 radical (unpaired) electrons. The molecule has 134 valence electrons. The summed E-state index contributed by atoms with van der Waals surface area (Å²) in [6.45, 7) is 0. The predicted molar refractivity (Wildman–Crippen MR) is 75.8 cm³/mol. The highest BCUT2D eigenvalue weighted by Gasteiger charge is 2.31. The van der Waals surface area contributed by atoms with Gasteiger partial charge < -0.3 is 31.2 Å². The van der Waals surface area contributed by atoms with Crippen LogP contribution in [0.3, 0.4) is 0 Å². The minimum Gasteiger partial charge on any atom is -0.481 e. The van der Waals surface area contributed by atoms with Crippen LogP contribution in [-0.2, 0) is 28.8 Å². The molecule has 0 aromatic carbocycles. The van der Waals surface area contributed by atoms with Crippen LogP contribution in [0.4, 0.5) is 0 Å². The SMILES string of the molecule is NC(CC=O)C(=O)NC(CC(=O)O)C(=O)CC(CC(=O)O)C(=O)O. The zero-order chi connectivity index (χ0) is 18.9. The van der Waals surface area contributed by atoms with Gasteiger partial charge in [0.25, 0.3) is 0 Å². The van der Waals surface area contributed by atoms with Crippen LogP contribution in [0.15, 0.2) is 0 Å². The number of nitrogens with two attached hydrogens (primary N) is 1. The van der Waals surface area contributed by atoms with Crippen molar-refractivity contribution in [2.24, 2.45) is 11.7 Å². The van der Waals surface area contributed by atoms with Crippen molar-refractivity contribution in [2.45, 2.75) is 37.8 Å². The van der Waals surface area contributed by atoms with Crippen LogP contribution in [0.1, 0.15) is 25.7 Å². The maximum atomic E-state index is 12.0. The van der Waals surface area contributed by atoms with Gasteiger partial charge >= 0.3 is 17.9 Å². The molecule has 0 aromatic rings. The van der Waals surface area contributed by atoms with E-state index in [0.717, 1.165) is 0 Å². The summed E-state index contributed by atoms with van der Waals surface area (Å²) in [5.41, 5.74) is 5.35. The fourth-order valence-electron chi connectivity index (χ4n) is 1.75. The number of carbonyl (C=O) groups is 6. The molecule has 0 fully saturated rings. The molecule has 3 atom stereocenters. The summed E-state index contributed by atoms with van der Waals surface area (Å²) in [5, 5.41) is 28.3. The van der Waals surface area contributed by atoms with Crippen molar-refractivity contribution in [2.75, 3.05) is 0 Å². The molecule has 1 amide bonds. The van der Waals surface area contributed by atoms with Gasteiger partial charge in [-0.05, 0) is 0 Å². The number of ketones is 1. The van der Waals surface area contributed by atoms with E-state index >= 15 is 0 Å². The Morgan fingerprint density at radius 1 is 0.958 bits per heavy atom. The van der Waals surface area contributed by atoms with Crippen molar-refractivity contribution in [3.63, 3.8) is 0 Å². The number of carbonyl (C=O) groups excluding carboxylic acids is 3. The summed E-state index contributed by atoms with van der Waals surface area (Å²) < 4.78 is 0. The van der Waals surface area contributed by atoms with Gasteiger partial charge in [-0.25, -0.2) is 0 Å². The number of Topliss-reactive ketones (excluding diaryl/α,β-unsaturated/α-hetero) is 1. The highest BCUT2D eigenvalue weighted by molar-refractivity contribution is 5.95. The molecule has 0 saturated heterocycles. The van der Waals surface area contributed by atoms with Crippen molar-refractivity contribution in [1.29, 1.82) is 0 Å². The first-order chi connectivity index (χ1) is 11.1. The average molecular weight is 346 g/mol. The molecule has 11 nitrogen and oxygen atoms in total. The third-order valence-corrected chi connectivity index (χ3v) is 2.99. The number of amides is 1. The topological polar surface area (TPSA) is 201 Å². The van der Waals surface area contributed by atoms with Crippen LogP contribution in [-0.4, -0.2) is 63.3 Å². The lowest BCUT2D eigenvalue weighted by Gasteiger charge is -2.19. The van der Waals surface area contributed by atoms with Crippen molar-refractivity contribution in [1.82, 2.24) is 5.32 Å². The zero-order valence-electron chi connectivity index (χ0n) is 12.5. The van der Waals surface area contributed by atoms with Gasteiger partial charge in [0.2, 0.25) is 5.91 Å². The van der Waals surface area contributed by atoms with E-state index in [0.29, 0.717) is 6.29 Å². The fraction of sp³-hybridized carbons (Fsp3) is 0.538. The smallest absolute Gasteiger partial charge is 0.307 e. The number of carboxylic acid groups (broad SMARTS) is 3. The molecule has 0 saturated carbocycles. The molecule has 0 rings (SSSR count). The Hall–Kier alpha value is -2.82. The van der Waals surface area contributed by atoms with Crippen LogP contribution in [0, 0.1) is 5.92 Å². The Bertz CT molecular complexity index is 532. The third-order valence-electron chi connectivity index (χ3n) is 2.99. The van der Waals surface area contributed by atoms with Crippen LogP contribution in [0.25, 0.3) is 0 Å². The summed E-state index contributed by atoms with van der Waals surface area (Å²) in [6.07, 6.45) is -2.43. The first-order valence-electron chi connectivity index (χ1n) is 6.77. The van der Waals surface area contributed by atoms with E-state index in [-0.39, 0.29) is 6.42 Å². The van der Waals surface area contributed by atoms with Crippen LogP contribution < -0.4 is 11.1 Å². The lowest BCUT2D eigenvalue weighted by Crippen LogP contribution is -2.49. The molecule has 24 heavy (non-hydrogen) atoms. The molecule has 11 heteroatoms. The number of aldehydes is 1. The van der Waals surface area contributed by atoms with Gasteiger partial charge in [-0.3, -0.25) is 24.0 Å². The summed E-state index contributed by atoms with van der Waals surface area (Å²) in [4.78, 5) is 66.4. The lowest BCUT2D eigenvalue weighted by atomic mass is 9.94. The minimum atomic E-state index is -1.58. The number of hydrogen-bond donors (Lipinski definition) is 5. The van der Waals surface area contributed by atoms with Gasteiger partial charge in [-0.15, -0.1) is 0 Å². The van der Waals surface area contributed by atoms with Gasteiger partial charge in [0.1, 0.15) is 6.29 Å². The van der Waals surface area contributed by atoms with Crippen molar-refractivity contribution in [3.8, 4) is 0 Å². The first kappa shape index (κ1) is 21.2. The van der Waals surface area contributed by atoms with Gasteiger partial charge in [0.05, 0.1) is 30.8 Å². The second kappa shape index (κ2) is 10.0. The molecule has 0 aromatic heterocycles. The Morgan fingerprint density at radius 2 is 1.50 bits per heavy atom. The Labute approximate surface area is 135 Å². The van der Waals surface area contributed by atoms with E-state index in [1.807, 2.05) is 5.32 Å². The number of hydrogen-bond acceptors (Lipinski definition) is 7. The highest BCUT2D eigenvalue weighted by atomic mass is 16.4. The van der Waals surface area contributed by atoms with E-state index in [1.165, 1.54) is 0 Å². The van der Waals surface area contributed by atoms with Crippen molar-refractivity contribution in [3.05, 3.63) is 0 Å². The lowest BCUT2D eigenvalue weighted by molar-refractivity contribution is -0.150. The molecule has 0 bridgehead atoms. The summed E-state index contributed by atoms with van der Waals surface area (Å²) >= 11 is 0. The molecular formula is C13H18N2O9. The van der Waals surface area contributed by atoms with E-state index < -0.39 is 66.9 Å². The number of nitrogens with one attached hydrogen (secondary N) is 1. The fourth-order valence-corrected chi connectivity index (χ4v) is 1.75. The van der Waals surface area contributed by atoms with E-state index in [4.69, 9.17) is 21.1 Å². The quantitative estimate of drug-likeness (QED) is 0.246. The molecule has 6 N–H and O–H groups in total. The molecular weight excluding hydrogens is 328 g/mol. The van der Waals surface area contributed by atoms with Crippen LogP contribution in [0.2, 0.25) is 0 Å². The van der Waals surface area contributed by atoms with Crippen LogP contribution >= 0.6 is 0 Å². The predicted octanol–water partition coefficient (Wildman–Crippen LogP) is -2.00. The number of aliphatic carboxylic acids is 3. The highest BCUT2D eigenvalue weighted by Crippen LogP contribution is 2.13. The summed E-state index contributed by atoms with van der Waals surface area (Å²) in [7, 11) is 0. The molecule has 0 aliphatic carbocycles. The zero-order valence-corrected chi connectivity index (χ0v) is 12.5. The Kier molecular flexibility index (Phi) is 8.87. The minimum absolute atomic E-state index is 0.351. The number of carboxylic acids is 3. The maximum Gasteiger partial charge on any atom is 0.307 e. The molecule has 0 heterocycles. The second-order valence-electron chi connectivity index (χ2n) is 4.97. The summed E-state index contributed by atoms with van der Waals surface area (Å²) in [6, 6.07) is -2.87. The van der Waals surface area contributed by atoms with Crippen molar-refractivity contribution < 1.29 is 44.1 Å². The average Bonchev–Trinajstić information content (AvgIpc) is 2.44. The maximum absolute atomic E-state index is 12.0. The molecule has 0 aliphatic heterocycles. The molecule has 0 aliphatic rings. The third kappa shape index (κ3) is 7.98. The van der Waals surface area contributed by atoms with Crippen LogP contribution in [0.5, 0.6) is 0 Å². The van der Waals surface area contributed by atoms with Gasteiger partial charge in [-0.1, -0.05) is 0 Å². The summed E-state index contributed by atoms with van der Waals surface area (Å²) in [5.74, 6) is -7.90. The first-order valence-corrected chi connectivity index (χ1v) is 6.77. The normalized spacial score (nSPS) is 14.0.